The molecule has 2 amide bonds. The van der Waals surface area contributed by atoms with Gasteiger partial charge >= 0.3 is 0 Å². The van der Waals surface area contributed by atoms with Gasteiger partial charge in [0.1, 0.15) is 24.9 Å². The number of hydrogen-bond acceptors (Lipinski definition) is 5. The van der Waals surface area contributed by atoms with Crippen LogP contribution in [-0.4, -0.2) is 50.5 Å². The predicted octanol–water partition coefficient (Wildman–Crippen LogP) is 4.87. The Bertz CT molecular complexity index is 1360. The summed E-state index contributed by atoms with van der Waals surface area (Å²) in [5.41, 5.74) is 2.07. The molecule has 0 spiro atoms. The van der Waals surface area contributed by atoms with Crippen LogP contribution in [0.25, 0.3) is 0 Å². The van der Waals surface area contributed by atoms with Crippen LogP contribution in [-0.2, 0) is 32.8 Å². The number of amides is 2. The molecule has 1 N–H and O–H groups in total. The SMILES string of the molecule is CC(C)CNC(=O)[C@@H](C)N(Cc1ccc(Cl)cc1)C(=O)CN(c1ccc(OCc2ccccc2)cc1)S(C)(=O)=O. The molecule has 0 heterocycles. The zero-order valence-corrected chi connectivity index (χ0v) is 24.8. The summed E-state index contributed by atoms with van der Waals surface area (Å²) in [7, 11) is -3.83. The smallest absolute Gasteiger partial charge is 0.244 e. The number of sulfonamides is 1. The van der Waals surface area contributed by atoms with Gasteiger partial charge in [0.15, 0.2) is 0 Å². The first-order valence-electron chi connectivity index (χ1n) is 13.0. The molecule has 40 heavy (non-hydrogen) atoms. The van der Waals surface area contributed by atoms with Crippen molar-refractivity contribution in [1.29, 1.82) is 0 Å². The van der Waals surface area contributed by atoms with Gasteiger partial charge in [0.25, 0.3) is 0 Å². The highest BCUT2D eigenvalue weighted by Gasteiger charge is 2.30. The lowest BCUT2D eigenvalue weighted by Gasteiger charge is -2.31. The van der Waals surface area contributed by atoms with Crippen molar-refractivity contribution in [2.24, 2.45) is 5.92 Å². The van der Waals surface area contributed by atoms with E-state index in [2.05, 4.69) is 5.32 Å². The number of benzene rings is 3. The topological polar surface area (TPSA) is 96.0 Å². The number of hydrogen-bond donors (Lipinski definition) is 1. The zero-order valence-electron chi connectivity index (χ0n) is 23.2. The standard InChI is InChI=1S/C30H36ClN3O5S/c1-22(2)18-32-30(36)23(3)33(19-24-10-12-26(31)13-11-24)29(35)20-34(40(4,37)38)27-14-16-28(17-15-27)39-21-25-8-6-5-7-9-25/h5-17,22-23H,18-21H2,1-4H3,(H,32,36)/t23-/m1/s1. The Balaban J connectivity index is 1.80. The van der Waals surface area contributed by atoms with Crippen LogP contribution in [0.4, 0.5) is 5.69 Å². The van der Waals surface area contributed by atoms with Gasteiger partial charge in [0.2, 0.25) is 21.8 Å². The van der Waals surface area contributed by atoms with E-state index in [1.165, 1.54) is 4.90 Å². The molecular weight excluding hydrogens is 550 g/mol. The van der Waals surface area contributed by atoms with Gasteiger partial charge in [0, 0.05) is 18.1 Å². The van der Waals surface area contributed by atoms with E-state index in [4.69, 9.17) is 16.3 Å². The fraction of sp³-hybridized carbons (Fsp3) is 0.333. The maximum atomic E-state index is 13.6. The lowest BCUT2D eigenvalue weighted by molar-refractivity contribution is -0.139. The van der Waals surface area contributed by atoms with E-state index in [-0.39, 0.29) is 18.4 Å². The number of halogens is 1. The van der Waals surface area contributed by atoms with Crippen LogP contribution in [0.5, 0.6) is 5.75 Å². The van der Waals surface area contributed by atoms with Crippen molar-refractivity contribution in [2.75, 3.05) is 23.7 Å². The number of nitrogens with one attached hydrogen (secondary N) is 1. The number of carbonyl (C=O) groups excluding carboxylic acids is 2. The van der Waals surface area contributed by atoms with Gasteiger partial charge in [0.05, 0.1) is 11.9 Å². The van der Waals surface area contributed by atoms with Crippen molar-refractivity contribution >= 4 is 39.1 Å². The number of ether oxygens (including phenoxy) is 1. The van der Waals surface area contributed by atoms with Crippen LogP contribution in [0.1, 0.15) is 31.9 Å². The van der Waals surface area contributed by atoms with E-state index in [9.17, 15) is 18.0 Å². The summed E-state index contributed by atoms with van der Waals surface area (Å²) in [4.78, 5) is 27.9. The van der Waals surface area contributed by atoms with Gasteiger partial charge in [-0.15, -0.1) is 0 Å². The van der Waals surface area contributed by atoms with E-state index >= 15 is 0 Å². The highest BCUT2D eigenvalue weighted by molar-refractivity contribution is 7.92. The fourth-order valence-electron chi connectivity index (χ4n) is 3.88. The molecule has 0 aliphatic heterocycles. The highest BCUT2D eigenvalue weighted by atomic mass is 35.5. The minimum atomic E-state index is -3.83. The van der Waals surface area contributed by atoms with Gasteiger partial charge in [-0.2, -0.15) is 0 Å². The van der Waals surface area contributed by atoms with Crippen LogP contribution in [0.2, 0.25) is 5.02 Å². The summed E-state index contributed by atoms with van der Waals surface area (Å²) in [6.07, 6.45) is 1.04. The van der Waals surface area contributed by atoms with E-state index in [0.29, 0.717) is 29.6 Å². The quantitative estimate of drug-likeness (QED) is 0.309. The van der Waals surface area contributed by atoms with Gasteiger partial charge in [-0.05, 0) is 60.4 Å². The molecule has 0 bridgehead atoms. The first kappa shape index (κ1) is 31.0. The molecule has 0 radical (unpaired) electrons. The van der Waals surface area contributed by atoms with Crippen LogP contribution < -0.4 is 14.4 Å². The molecule has 0 saturated heterocycles. The minimum absolute atomic E-state index is 0.107. The molecule has 0 aromatic heterocycles. The van der Waals surface area contributed by atoms with Gasteiger partial charge in [-0.1, -0.05) is 67.9 Å². The molecule has 0 aliphatic rings. The molecule has 3 rings (SSSR count). The molecule has 0 aliphatic carbocycles. The number of nitrogens with zero attached hydrogens (tertiary/aromatic N) is 2. The summed E-state index contributed by atoms with van der Waals surface area (Å²) in [6.45, 7) is 6.04. The van der Waals surface area contributed by atoms with Gasteiger partial charge in [-0.25, -0.2) is 8.42 Å². The molecule has 3 aromatic rings. The predicted molar refractivity (Wildman–Crippen MR) is 159 cm³/mol. The average Bonchev–Trinajstić information content (AvgIpc) is 2.93. The Labute approximate surface area is 241 Å². The summed E-state index contributed by atoms with van der Waals surface area (Å²) < 4.78 is 32.4. The second-order valence-corrected chi connectivity index (χ2v) is 12.3. The average molecular weight is 586 g/mol. The van der Waals surface area contributed by atoms with Crippen molar-refractivity contribution in [3.63, 3.8) is 0 Å². The Morgan fingerprint density at radius 3 is 2.10 bits per heavy atom. The fourth-order valence-corrected chi connectivity index (χ4v) is 4.86. The molecule has 0 fully saturated rings. The third kappa shape index (κ3) is 9.27. The number of rotatable bonds is 13. The Morgan fingerprint density at radius 2 is 1.52 bits per heavy atom. The first-order valence-corrected chi connectivity index (χ1v) is 15.2. The van der Waals surface area contributed by atoms with Crippen molar-refractivity contribution in [3.8, 4) is 5.75 Å². The second kappa shape index (κ2) is 14.2. The van der Waals surface area contributed by atoms with Crippen LogP contribution in [0, 0.1) is 5.92 Å². The number of carbonyl (C=O) groups is 2. The Hall–Kier alpha value is -3.56. The molecule has 10 heteroatoms. The maximum Gasteiger partial charge on any atom is 0.244 e. The Kier molecular flexibility index (Phi) is 11.0. The monoisotopic (exact) mass is 585 g/mol. The Morgan fingerprint density at radius 1 is 0.900 bits per heavy atom. The van der Waals surface area contributed by atoms with Crippen LogP contribution >= 0.6 is 11.6 Å². The highest BCUT2D eigenvalue weighted by Crippen LogP contribution is 2.23. The van der Waals surface area contributed by atoms with Crippen molar-refractivity contribution in [2.45, 2.75) is 40.0 Å². The molecule has 0 saturated carbocycles. The third-order valence-corrected chi connectivity index (χ3v) is 7.56. The maximum absolute atomic E-state index is 13.6. The third-order valence-electron chi connectivity index (χ3n) is 6.17. The lowest BCUT2D eigenvalue weighted by atomic mass is 10.1. The zero-order chi connectivity index (χ0) is 29.3. The van der Waals surface area contributed by atoms with E-state index in [1.807, 2.05) is 44.2 Å². The second-order valence-electron chi connectivity index (χ2n) is 10.0. The summed E-state index contributed by atoms with van der Waals surface area (Å²) >= 11 is 6.02. The number of anilines is 1. The molecule has 3 aromatic carbocycles. The van der Waals surface area contributed by atoms with Crippen molar-refractivity contribution in [3.05, 3.63) is 95.0 Å². The molecule has 214 valence electrons. The normalized spacial score (nSPS) is 12.1. The summed E-state index contributed by atoms with van der Waals surface area (Å²) in [5.74, 6) is -0.0389. The van der Waals surface area contributed by atoms with E-state index in [0.717, 1.165) is 21.7 Å². The lowest BCUT2D eigenvalue weighted by Crippen LogP contribution is -2.51. The minimum Gasteiger partial charge on any atom is -0.489 e. The molecule has 0 unspecified atom stereocenters. The molecule has 1 atom stereocenters. The largest absolute Gasteiger partial charge is 0.489 e. The molecular formula is C30H36ClN3O5S. The molecule has 8 nitrogen and oxygen atoms in total. The van der Waals surface area contributed by atoms with Crippen molar-refractivity contribution in [1.82, 2.24) is 10.2 Å². The summed E-state index contributed by atoms with van der Waals surface area (Å²) in [5, 5.41) is 3.40. The van der Waals surface area contributed by atoms with Gasteiger partial charge < -0.3 is 15.0 Å². The van der Waals surface area contributed by atoms with E-state index in [1.54, 1.807) is 55.5 Å². The van der Waals surface area contributed by atoms with Gasteiger partial charge in [-0.3, -0.25) is 13.9 Å². The van der Waals surface area contributed by atoms with Crippen LogP contribution in [0.15, 0.2) is 78.9 Å². The van der Waals surface area contributed by atoms with E-state index < -0.39 is 28.5 Å². The van der Waals surface area contributed by atoms with Crippen molar-refractivity contribution < 1.29 is 22.7 Å². The first-order chi connectivity index (χ1) is 18.9. The van der Waals surface area contributed by atoms with Crippen LogP contribution in [0.3, 0.4) is 0 Å². The summed E-state index contributed by atoms with van der Waals surface area (Å²) in [6, 6.07) is 22.3.